The summed E-state index contributed by atoms with van der Waals surface area (Å²) >= 11 is 0. The Morgan fingerprint density at radius 3 is 1.33 bits per heavy atom. The van der Waals surface area contributed by atoms with Crippen LogP contribution < -0.4 is 0 Å². The largest absolute Gasteiger partial charge is 0.0885 e. The van der Waals surface area contributed by atoms with Crippen LogP contribution in [0.3, 0.4) is 0 Å². The molecular weight excluding hydrogens is 144 g/mol. The first-order valence-corrected chi connectivity index (χ1v) is 5.28. The lowest BCUT2D eigenvalue weighted by Gasteiger charge is -2.00. The summed E-state index contributed by atoms with van der Waals surface area (Å²) in [5.41, 5.74) is 0. The Morgan fingerprint density at radius 1 is 0.750 bits per heavy atom. The third-order valence-corrected chi connectivity index (χ3v) is 1.99. The molecule has 0 aliphatic carbocycles. The average molecular weight is 168 g/mol. The fraction of sp³-hybridized carbons (Fsp3) is 0.833. The van der Waals surface area contributed by atoms with Crippen molar-refractivity contribution < 1.29 is 0 Å². The third kappa shape index (κ3) is 9.74. The molecule has 0 rings (SSSR count). The summed E-state index contributed by atoms with van der Waals surface area (Å²) in [4.78, 5) is 0. The van der Waals surface area contributed by atoms with Gasteiger partial charge in [0, 0.05) is 0 Å². The van der Waals surface area contributed by atoms with Crippen LogP contribution in [0.5, 0.6) is 0 Å². The summed E-state index contributed by atoms with van der Waals surface area (Å²) in [7, 11) is 0. The molecule has 0 aliphatic heterocycles. The van der Waals surface area contributed by atoms with E-state index in [-0.39, 0.29) is 0 Å². The highest BCUT2D eigenvalue weighted by Gasteiger charge is 1.91. The van der Waals surface area contributed by atoms with E-state index in [1.54, 1.807) is 0 Å². The summed E-state index contributed by atoms with van der Waals surface area (Å²) in [5, 5.41) is 0. The van der Waals surface area contributed by atoms with E-state index in [9.17, 15) is 0 Å². The summed E-state index contributed by atoms with van der Waals surface area (Å²) in [6, 6.07) is 0. The Bertz CT molecular complexity index is 95.2. The summed E-state index contributed by atoms with van der Waals surface area (Å²) < 4.78 is 0. The molecule has 0 nitrogen and oxygen atoms in total. The van der Waals surface area contributed by atoms with Gasteiger partial charge in [0.05, 0.1) is 0 Å². The molecule has 0 heteroatoms. The first-order chi connectivity index (χ1) is 5.63. The molecule has 12 heavy (non-hydrogen) atoms. The monoisotopic (exact) mass is 168 g/mol. The van der Waals surface area contributed by atoms with Gasteiger partial charge < -0.3 is 0 Å². The van der Waals surface area contributed by atoms with Gasteiger partial charge in [0.1, 0.15) is 0 Å². The predicted octanol–water partition coefficient (Wildman–Crippen LogP) is 4.42. The average Bonchev–Trinajstić information content (AvgIpc) is 1.95. The molecule has 0 spiro atoms. The second-order valence-electron chi connectivity index (χ2n) is 4.41. The molecule has 0 aromatic rings. The first-order valence-electron chi connectivity index (χ1n) is 5.28. The van der Waals surface area contributed by atoms with E-state index >= 15 is 0 Å². The molecule has 0 heterocycles. The van der Waals surface area contributed by atoms with Crippen LogP contribution in [0.1, 0.15) is 53.4 Å². The Morgan fingerprint density at radius 2 is 1.08 bits per heavy atom. The van der Waals surface area contributed by atoms with Crippen LogP contribution in [0.25, 0.3) is 0 Å². The van der Waals surface area contributed by atoms with E-state index < -0.39 is 0 Å². The van der Waals surface area contributed by atoms with E-state index in [1.165, 1.54) is 25.7 Å². The third-order valence-electron chi connectivity index (χ3n) is 1.99. The van der Waals surface area contributed by atoms with Crippen LogP contribution in [0, 0.1) is 11.8 Å². The van der Waals surface area contributed by atoms with Crippen molar-refractivity contribution in [1.82, 2.24) is 0 Å². The van der Waals surface area contributed by atoms with E-state index in [0.717, 1.165) is 11.8 Å². The van der Waals surface area contributed by atoms with Gasteiger partial charge in [0.25, 0.3) is 0 Å². The van der Waals surface area contributed by atoms with Crippen LogP contribution in [0.15, 0.2) is 12.2 Å². The normalized spacial score (nSPS) is 12.2. The van der Waals surface area contributed by atoms with Gasteiger partial charge in [0.15, 0.2) is 0 Å². The van der Waals surface area contributed by atoms with Crippen molar-refractivity contribution in [3.8, 4) is 0 Å². The number of rotatable bonds is 6. The van der Waals surface area contributed by atoms with Gasteiger partial charge in [-0.3, -0.25) is 0 Å². The molecule has 0 aliphatic rings. The summed E-state index contributed by atoms with van der Waals surface area (Å²) in [5.74, 6) is 1.69. The van der Waals surface area contributed by atoms with E-state index in [0.29, 0.717) is 0 Å². The molecular formula is C12H24. The quantitative estimate of drug-likeness (QED) is 0.515. The fourth-order valence-corrected chi connectivity index (χ4v) is 1.09. The Kier molecular flexibility index (Phi) is 7.23. The molecule has 0 saturated carbocycles. The van der Waals surface area contributed by atoms with Gasteiger partial charge in [-0.25, -0.2) is 0 Å². The summed E-state index contributed by atoms with van der Waals surface area (Å²) in [6.07, 6.45) is 9.85. The Hall–Kier alpha value is -0.260. The van der Waals surface area contributed by atoms with E-state index in [4.69, 9.17) is 0 Å². The molecule has 0 aromatic heterocycles. The summed E-state index contributed by atoms with van der Waals surface area (Å²) in [6.45, 7) is 9.12. The maximum absolute atomic E-state index is 2.34. The van der Waals surface area contributed by atoms with Crippen LogP contribution >= 0.6 is 0 Å². The lowest BCUT2D eigenvalue weighted by Crippen LogP contribution is -1.85. The van der Waals surface area contributed by atoms with E-state index in [2.05, 4.69) is 39.8 Å². The second-order valence-corrected chi connectivity index (χ2v) is 4.41. The van der Waals surface area contributed by atoms with Crippen molar-refractivity contribution >= 4 is 0 Å². The number of allylic oxidation sites excluding steroid dienone is 2. The van der Waals surface area contributed by atoms with Crippen LogP contribution in [0.2, 0.25) is 0 Å². The van der Waals surface area contributed by atoms with Crippen molar-refractivity contribution in [2.75, 3.05) is 0 Å². The Labute approximate surface area is 78.1 Å². The molecule has 0 unspecified atom stereocenters. The molecule has 72 valence electrons. The van der Waals surface area contributed by atoms with Crippen molar-refractivity contribution in [3.63, 3.8) is 0 Å². The maximum atomic E-state index is 2.34. The smallest absolute Gasteiger partial charge is 0.0348 e. The van der Waals surface area contributed by atoms with Gasteiger partial charge in [-0.05, 0) is 37.5 Å². The van der Waals surface area contributed by atoms with Gasteiger partial charge in [0.2, 0.25) is 0 Å². The highest BCUT2D eigenvalue weighted by Crippen LogP contribution is 2.07. The number of hydrogen-bond donors (Lipinski definition) is 0. The molecule has 0 amide bonds. The SMILES string of the molecule is CC(C)CCC=CCCC(C)C. The fourth-order valence-electron chi connectivity index (χ4n) is 1.09. The maximum Gasteiger partial charge on any atom is -0.0348 e. The zero-order valence-electron chi connectivity index (χ0n) is 9.14. The minimum atomic E-state index is 0.847. The molecule has 0 radical (unpaired) electrons. The van der Waals surface area contributed by atoms with Gasteiger partial charge in [-0.2, -0.15) is 0 Å². The minimum absolute atomic E-state index is 0.847. The first kappa shape index (κ1) is 11.7. The predicted molar refractivity (Wildman–Crippen MR) is 57.3 cm³/mol. The number of hydrogen-bond acceptors (Lipinski definition) is 0. The molecule has 0 saturated heterocycles. The second kappa shape index (κ2) is 7.39. The molecule has 0 bridgehead atoms. The Balaban J connectivity index is 3.15. The zero-order chi connectivity index (χ0) is 9.40. The highest BCUT2D eigenvalue weighted by molar-refractivity contribution is 4.81. The highest BCUT2D eigenvalue weighted by atomic mass is 14.0. The zero-order valence-corrected chi connectivity index (χ0v) is 9.14. The van der Waals surface area contributed by atoms with Crippen molar-refractivity contribution in [1.29, 1.82) is 0 Å². The van der Waals surface area contributed by atoms with Crippen LogP contribution in [0.4, 0.5) is 0 Å². The van der Waals surface area contributed by atoms with Gasteiger partial charge >= 0.3 is 0 Å². The van der Waals surface area contributed by atoms with Gasteiger partial charge in [-0.15, -0.1) is 0 Å². The van der Waals surface area contributed by atoms with E-state index in [1.807, 2.05) is 0 Å². The van der Waals surface area contributed by atoms with Crippen molar-refractivity contribution in [2.45, 2.75) is 53.4 Å². The van der Waals surface area contributed by atoms with Crippen LogP contribution in [-0.4, -0.2) is 0 Å². The van der Waals surface area contributed by atoms with Crippen molar-refractivity contribution in [2.24, 2.45) is 11.8 Å². The minimum Gasteiger partial charge on any atom is -0.0885 e. The van der Waals surface area contributed by atoms with Crippen LogP contribution in [-0.2, 0) is 0 Å². The molecule has 0 N–H and O–H groups in total. The van der Waals surface area contributed by atoms with Gasteiger partial charge in [-0.1, -0.05) is 39.8 Å². The molecule has 0 aromatic carbocycles. The lowest BCUT2D eigenvalue weighted by atomic mass is 10.1. The van der Waals surface area contributed by atoms with Crippen molar-refractivity contribution in [3.05, 3.63) is 12.2 Å². The standard InChI is InChI=1S/C12H24/c1-11(2)9-7-5-6-8-10-12(3)4/h5-6,11-12H,7-10H2,1-4H3. The lowest BCUT2D eigenvalue weighted by molar-refractivity contribution is 0.585. The molecule has 0 fully saturated rings. The molecule has 0 atom stereocenters. The topological polar surface area (TPSA) is 0 Å².